The molecule has 0 saturated heterocycles. The van der Waals surface area contributed by atoms with Crippen molar-refractivity contribution >= 4 is 0 Å². The van der Waals surface area contributed by atoms with Crippen LogP contribution in [-0.2, 0) is 4.74 Å². The number of hydrogen-bond acceptors (Lipinski definition) is 2. The first-order valence-electron chi connectivity index (χ1n) is 5.34. The van der Waals surface area contributed by atoms with Crippen LogP contribution in [0.5, 0.6) is 0 Å². The molecule has 0 atom stereocenters. The highest BCUT2D eigenvalue weighted by Crippen LogP contribution is 2.23. The Morgan fingerprint density at radius 2 is 2.00 bits per heavy atom. The summed E-state index contributed by atoms with van der Waals surface area (Å²) >= 11 is 0. The normalized spacial score (nSPS) is 19.1. The second-order valence-corrected chi connectivity index (χ2v) is 3.85. The van der Waals surface area contributed by atoms with Gasteiger partial charge in [0.2, 0.25) is 0 Å². The molecule has 1 saturated carbocycles. The monoisotopic (exact) mass is 207 g/mol. The van der Waals surface area contributed by atoms with Gasteiger partial charge in [-0.25, -0.2) is 8.78 Å². The summed E-state index contributed by atoms with van der Waals surface area (Å²) < 4.78 is 31.3. The molecule has 0 radical (unpaired) electrons. The highest BCUT2D eigenvalue weighted by atomic mass is 19.3. The third-order valence-electron chi connectivity index (χ3n) is 2.47. The summed E-state index contributed by atoms with van der Waals surface area (Å²) in [7, 11) is 0. The van der Waals surface area contributed by atoms with Crippen LogP contribution in [0, 0.1) is 0 Å². The van der Waals surface area contributed by atoms with E-state index in [1.54, 1.807) is 0 Å². The van der Waals surface area contributed by atoms with Crippen LogP contribution >= 0.6 is 0 Å². The lowest BCUT2D eigenvalue weighted by atomic mass is 10.3. The molecule has 14 heavy (non-hydrogen) atoms. The fourth-order valence-corrected chi connectivity index (χ4v) is 1.65. The quantitative estimate of drug-likeness (QED) is 0.721. The van der Waals surface area contributed by atoms with Crippen molar-refractivity contribution < 1.29 is 13.5 Å². The van der Waals surface area contributed by atoms with E-state index in [9.17, 15) is 8.78 Å². The van der Waals surface area contributed by atoms with Crippen LogP contribution < -0.4 is 5.32 Å². The van der Waals surface area contributed by atoms with Crippen LogP contribution in [0.15, 0.2) is 0 Å². The van der Waals surface area contributed by atoms with Gasteiger partial charge in [0, 0.05) is 0 Å². The molecule has 0 bridgehead atoms. The maximum atomic E-state index is 13.1. The van der Waals surface area contributed by atoms with E-state index in [1.807, 2.05) is 6.92 Å². The predicted molar refractivity (Wildman–Crippen MR) is 51.7 cm³/mol. The fourth-order valence-electron chi connectivity index (χ4n) is 1.65. The molecule has 2 nitrogen and oxygen atoms in total. The Morgan fingerprint density at radius 3 is 2.57 bits per heavy atom. The Hall–Kier alpha value is -0.220. The number of nitrogens with one attached hydrogen (secondary N) is 1. The number of rotatable bonds is 6. The molecule has 1 aliphatic carbocycles. The third-order valence-corrected chi connectivity index (χ3v) is 2.47. The van der Waals surface area contributed by atoms with Gasteiger partial charge in [0.15, 0.2) is 0 Å². The van der Waals surface area contributed by atoms with Gasteiger partial charge in [-0.15, -0.1) is 0 Å². The van der Waals surface area contributed by atoms with Gasteiger partial charge in [-0.1, -0.05) is 19.8 Å². The minimum atomic E-state index is -2.72. The van der Waals surface area contributed by atoms with E-state index < -0.39 is 12.5 Å². The van der Waals surface area contributed by atoms with E-state index in [4.69, 9.17) is 4.74 Å². The first kappa shape index (κ1) is 11.9. The Balaban J connectivity index is 2.14. The van der Waals surface area contributed by atoms with E-state index in [0.717, 1.165) is 25.7 Å². The van der Waals surface area contributed by atoms with Crippen molar-refractivity contribution in [2.45, 2.75) is 44.6 Å². The van der Waals surface area contributed by atoms with Gasteiger partial charge in [0.1, 0.15) is 6.61 Å². The minimum absolute atomic E-state index is 0.0718. The highest BCUT2D eigenvalue weighted by Gasteiger charge is 2.30. The Kier molecular flexibility index (Phi) is 4.75. The molecule has 1 fully saturated rings. The molecule has 0 amide bonds. The lowest BCUT2D eigenvalue weighted by Gasteiger charge is -2.19. The van der Waals surface area contributed by atoms with Crippen molar-refractivity contribution in [2.75, 3.05) is 19.7 Å². The van der Waals surface area contributed by atoms with E-state index in [1.165, 1.54) is 0 Å². The van der Waals surface area contributed by atoms with Crippen LogP contribution in [0.3, 0.4) is 0 Å². The van der Waals surface area contributed by atoms with Gasteiger partial charge >= 0.3 is 0 Å². The van der Waals surface area contributed by atoms with E-state index in [0.29, 0.717) is 6.54 Å². The summed E-state index contributed by atoms with van der Waals surface area (Å²) in [6, 6.07) is 0. The number of alkyl halides is 2. The molecular formula is C10H19F2NO. The van der Waals surface area contributed by atoms with Crippen molar-refractivity contribution in [3.05, 3.63) is 0 Å². The maximum absolute atomic E-state index is 13.1. The first-order chi connectivity index (χ1) is 6.64. The van der Waals surface area contributed by atoms with E-state index >= 15 is 0 Å². The Bertz CT molecular complexity index is 158. The maximum Gasteiger partial charge on any atom is 0.283 e. The molecule has 0 aliphatic heterocycles. The van der Waals surface area contributed by atoms with Gasteiger partial charge in [-0.2, -0.15) is 0 Å². The molecule has 0 heterocycles. The molecule has 0 aromatic carbocycles. The van der Waals surface area contributed by atoms with Gasteiger partial charge in [0.25, 0.3) is 5.92 Å². The van der Waals surface area contributed by atoms with Crippen molar-refractivity contribution in [2.24, 2.45) is 0 Å². The lowest BCUT2D eigenvalue weighted by Crippen LogP contribution is -2.37. The molecule has 0 aromatic rings. The summed E-state index contributed by atoms with van der Waals surface area (Å²) in [5.74, 6) is -2.72. The van der Waals surface area contributed by atoms with Crippen LogP contribution in [0.2, 0.25) is 0 Å². The summed E-state index contributed by atoms with van der Waals surface area (Å²) in [5.41, 5.74) is 0. The van der Waals surface area contributed by atoms with Crippen LogP contribution in [0.25, 0.3) is 0 Å². The average Bonchev–Trinajstić information content (AvgIpc) is 2.64. The fraction of sp³-hybridized carbons (Fsp3) is 1.00. The molecule has 0 unspecified atom stereocenters. The zero-order valence-corrected chi connectivity index (χ0v) is 8.69. The van der Waals surface area contributed by atoms with E-state index in [-0.39, 0.29) is 12.6 Å². The number of halogens is 2. The lowest BCUT2D eigenvalue weighted by molar-refractivity contribution is -0.0952. The second-order valence-electron chi connectivity index (χ2n) is 3.85. The molecule has 1 N–H and O–H groups in total. The van der Waals surface area contributed by atoms with Crippen LogP contribution in [0.4, 0.5) is 8.78 Å². The zero-order valence-electron chi connectivity index (χ0n) is 8.69. The largest absolute Gasteiger partial charge is 0.372 e. The molecule has 84 valence electrons. The third kappa shape index (κ3) is 4.33. The molecule has 0 aromatic heterocycles. The van der Waals surface area contributed by atoms with Gasteiger partial charge < -0.3 is 10.1 Å². The summed E-state index contributed by atoms with van der Waals surface area (Å²) in [4.78, 5) is 0. The van der Waals surface area contributed by atoms with Crippen LogP contribution in [-0.4, -0.2) is 31.7 Å². The van der Waals surface area contributed by atoms with Gasteiger partial charge in [0.05, 0.1) is 12.6 Å². The molecule has 1 aliphatic rings. The molecule has 0 spiro atoms. The predicted octanol–water partition coefficient (Wildman–Crippen LogP) is 2.19. The summed E-state index contributed by atoms with van der Waals surface area (Å²) in [5, 5.41) is 2.63. The van der Waals surface area contributed by atoms with Crippen molar-refractivity contribution in [3.8, 4) is 0 Å². The number of ether oxygens (including phenoxy) is 1. The average molecular weight is 207 g/mol. The zero-order chi connectivity index (χ0) is 10.4. The topological polar surface area (TPSA) is 21.3 Å². The molecule has 1 rings (SSSR count). The highest BCUT2D eigenvalue weighted by molar-refractivity contribution is 4.72. The van der Waals surface area contributed by atoms with Gasteiger partial charge in [-0.05, 0) is 19.4 Å². The van der Waals surface area contributed by atoms with Crippen LogP contribution in [0.1, 0.15) is 32.6 Å². The first-order valence-corrected chi connectivity index (χ1v) is 5.34. The Labute approximate surface area is 84.0 Å². The Morgan fingerprint density at radius 1 is 1.36 bits per heavy atom. The standard InChI is InChI=1S/C10H19F2NO/c1-2-13-7-10(11,12)8-14-9-5-3-4-6-9/h9,13H,2-8H2,1H3. The van der Waals surface area contributed by atoms with Crippen molar-refractivity contribution in [1.82, 2.24) is 5.32 Å². The summed E-state index contributed by atoms with van der Waals surface area (Å²) in [6.45, 7) is 1.66. The molecular weight excluding hydrogens is 188 g/mol. The second kappa shape index (κ2) is 5.61. The SMILES string of the molecule is CCNCC(F)(F)COC1CCCC1. The summed E-state index contributed by atoms with van der Waals surface area (Å²) in [6.07, 6.45) is 4.18. The van der Waals surface area contributed by atoms with Crippen molar-refractivity contribution in [1.29, 1.82) is 0 Å². The van der Waals surface area contributed by atoms with Gasteiger partial charge in [-0.3, -0.25) is 0 Å². The van der Waals surface area contributed by atoms with E-state index in [2.05, 4.69) is 5.32 Å². The molecule has 4 heteroatoms. The number of hydrogen-bond donors (Lipinski definition) is 1. The van der Waals surface area contributed by atoms with Crippen molar-refractivity contribution in [3.63, 3.8) is 0 Å². The smallest absolute Gasteiger partial charge is 0.283 e. The minimum Gasteiger partial charge on any atom is -0.372 e.